The van der Waals surface area contributed by atoms with E-state index in [-0.39, 0.29) is 0 Å². The van der Waals surface area contributed by atoms with Crippen molar-refractivity contribution in [3.8, 4) is 0 Å². The minimum absolute atomic E-state index is 0.404. The van der Waals surface area contributed by atoms with Gasteiger partial charge in [0.2, 0.25) is 0 Å². The molecule has 1 unspecified atom stereocenters. The van der Waals surface area contributed by atoms with Crippen LogP contribution in [-0.2, 0) is 42.9 Å². The molecule has 1 fully saturated rings. The van der Waals surface area contributed by atoms with E-state index < -0.39 is 82.8 Å². The summed E-state index contributed by atoms with van der Waals surface area (Å²) < 4.78 is 28.0. The molecule has 1 saturated heterocycles. The average molecular weight is 517 g/mol. The van der Waals surface area contributed by atoms with Crippen LogP contribution in [0, 0.1) is 21.7 Å². The predicted octanol–water partition coefficient (Wildman–Crippen LogP) is 3.17. The Hall–Kier alpha value is -2.20. The summed E-state index contributed by atoms with van der Waals surface area (Å²) in [5.41, 5.74) is -3.68. The Morgan fingerprint density at radius 2 is 0.917 bits per heavy atom. The van der Waals surface area contributed by atoms with Crippen LogP contribution < -0.4 is 0 Å². The fourth-order valence-electron chi connectivity index (χ4n) is 2.71. The largest absolute Gasteiger partial charge is 0.462 e. The lowest BCUT2D eigenvalue weighted by Gasteiger charge is -2.44. The topological polar surface area (TPSA) is 135 Å². The Balaban J connectivity index is 3.50. The third kappa shape index (κ3) is 8.73. The molecule has 1 rings (SSSR count). The maximum atomic E-state index is 12.9. The molecule has 36 heavy (non-hydrogen) atoms. The van der Waals surface area contributed by atoms with Crippen molar-refractivity contribution < 1.29 is 48.0 Å². The van der Waals surface area contributed by atoms with Gasteiger partial charge >= 0.3 is 23.9 Å². The van der Waals surface area contributed by atoms with E-state index in [9.17, 15) is 24.3 Å². The third-order valence-electron chi connectivity index (χ3n) is 5.17. The van der Waals surface area contributed by atoms with Gasteiger partial charge in [0.05, 0.1) is 21.7 Å². The van der Waals surface area contributed by atoms with E-state index in [1.165, 1.54) is 0 Å². The maximum absolute atomic E-state index is 12.9. The zero-order valence-electron chi connectivity index (χ0n) is 23.7. The molecule has 1 heterocycles. The normalized spacial score (nSPS) is 25.5. The standard InChI is InChI=1S/C26H44O10/c1-23(2,3)19(28)32-13-14-15(34-20(29)24(4,5)6)16(35-21(30)25(7,8)9)17(18(27)33-14)36-22(31)26(10,11)12/h14-18,27H,13H2,1-12H3/t14-,15+,16-,17+,18?/m0/s1. The van der Waals surface area contributed by atoms with Crippen LogP contribution in [0.1, 0.15) is 83.1 Å². The Morgan fingerprint density at radius 3 is 1.28 bits per heavy atom. The number of carbonyl (C=O) groups is 4. The molecule has 0 saturated carbocycles. The molecule has 0 bridgehead atoms. The van der Waals surface area contributed by atoms with E-state index in [2.05, 4.69) is 0 Å². The Morgan fingerprint density at radius 1 is 0.583 bits per heavy atom. The molecule has 1 aliphatic rings. The number of ether oxygens (including phenoxy) is 5. The molecule has 10 heteroatoms. The van der Waals surface area contributed by atoms with Crippen molar-refractivity contribution >= 4 is 23.9 Å². The molecule has 5 atom stereocenters. The highest BCUT2D eigenvalue weighted by atomic mass is 16.7. The van der Waals surface area contributed by atoms with Gasteiger partial charge in [0.1, 0.15) is 12.7 Å². The molecule has 0 aromatic heterocycles. The van der Waals surface area contributed by atoms with Crippen molar-refractivity contribution in [2.24, 2.45) is 21.7 Å². The molecular weight excluding hydrogens is 472 g/mol. The van der Waals surface area contributed by atoms with Gasteiger partial charge in [-0.25, -0.2) is 0 Å². The summed E-state index contributed by atoms with van der Waals surface area (Å²) in [4.78, 5) is 50.8. The highest BCUT2D eigenvalue weighted by Crippen LogP contribution is 2.33. The number of rotatable bonds is 5. The van der Waals surface area contributed by atoms with Crippen LogP contribution in [-0.4, -0.2) is 66.3 Å². The summed E-state index contributed by atoms with van der Waals surface area (Å²) in [6.07, 6.45) is -7.25. The van der Waals surface area contributed by atoms with Gasteiger partial charge in [0.15, 0.2) is 24.6 Å². The Labute approximate surface area is 214 Å². The zero-order valence-corrected chi connectivity index (χ0v) is 23.7. The van der Waals surface area contributed by atoms with Crippen molar-refractivity contribution in [3.05, 3.63) is 0 Å². The smallest absolute Gasteiger partial charge is 0.311 e. The highest BCUT2D eigenvalue weighted by molar-refractivity contribution is 5.78. The fourth-order valence-corrected chi connectivity index (χ4v) is 2.71. The van der Waals surface area contributed by atoms with E-state index in [0.29, 0.717) is 0 Å². The summed E-state index contributed by atoms with van der Waals surface area (Å²) in [5, 5.41) is 10.8. The molecule has 0 aliphatic carbocycles. The monoisotopic (exact) mass is 516 g/mol. The predicted molar refractivity (Wildman–Crippen MR) is 129 cm³/mol. The van der Waals surface area contributed by atoms with Crippen LogP contribution in [0.3, 0.4) is 0 Å². The van der Waals surface area contributed by atoms with Crippen LogP contribution in [0.4, 0.5) is 0 Å². The summed E-state index contributed by atoms with van der Waals surface area (Å²) in [6.45, 7) is 19.2. The first-order valence-corrected chi connectivity index (χ1v) is 12.1. The van der Waals surface area contributed by atoms with Crippen LogP contribution in [0.25, 0.3) is 0 Å². The Kier molecular flexibility index (Phi) is 9.77. The van der Waals surface area contributed by atoms with Gasteiger partial charge in [-0.2, -0.15) is 0 Å². The molecule has 208 valence electrons. The lowest BCUT2D eigenvalue weighted by Crippen LogP contribution is -2.63. The van der Waals surface area contributed by atoms with Gasteiger partial charge in [0, 0.05) is 0 Å². The Bertz CT molecular complexity index is 820. The van der Waals surface area contributed by atoms with E-state index in [4.69, 9.17) is 23.7 Å². The SMILES string of the molecule is CC(C)(C)C(=O)OC[C@@H]1OC(O)[C@H](OC(=O)C(C)(C)C)[C@@H](OC(=O)C(C)(C)C)[C@@H]1OC(=O)C(C)(C)C. The first-order chi connectivity index (χ1) is 16.0. The van der Waals surface area contributed by atoms with Gasteiger partial charge in [-0.15, -0.1) is 0 Å². The summed E-state index contributed by atoms with van der Waals surface area (Å²) in [7, 11) is 0. The van der Waals surface area contributed by atoms with E-state index in [1.54, 1.807) is 83.1 Å². The van der Waals surface area contributed by atoms with Crippen molar-refractivity contribution in [1.82, 2.24) is 0 Å². The van der Waals surface area contributed by atoms with Gasteiger partial charge in [0.25, 0.3) is 0 Å². The lowest BCUT2D eigenvalue weighted by molar-refractivity contribution is -0.300. The first-order valence-electron chi connectivity index (χ1n) is 12.1. The molecule has 0 amide bonds. The highest BCUT2D eigenvalue weighted by Gasteiger charge is 2.54. The van der Waals surface area contributed by atoms with Crippen LogP contribution >= 0.6 is 0 Å². The van der Waals surface area contributed by atoms with E-state index >= 15 is 0 Å². The number of aliphatic hydroxyl groups excluding tert-OH is 1. The quantitative estimate of drug-likeness (QED) is 0.429. The molecule has 0 spiro atoms. The van der Waals surface area contributed by atoms with Crippen molar-refractivity contribution in [2.75, 3.05) is 6.61 Å². The molecule has 0 aromatic rings. The van der Waals surface area contributed by atoms with E-state index in [1.807, 2.05) is 0 Å². The second-order valence-corrected chi connectivity index (χ2v) is 13.3. The second kappa shape index (κ2) is 11.0. The van der Waals surface area contributed by atoms with Crippen LogP contribution in [0.5, 0.6) is 0 Å². The molecule has 10 nitrogen and oxygen atoms in total. The minimum Gasteiger partial charge on any atom is -0.462 e. The number of hydrogen-bond acceptors (Lipinski definition) is 10. The molecular formula is C26H44O10. The van der Waals surface area contributed by atoms with Crippen molar-refractivity contribution in [2.45, 2.75) is 114 Å². The average Bonchev–Trinajstić information content (AvgIpc) is 2.67. The second-order valence-electron chi connectivity index (χ2n) is 13.3. The molecule has 1 N–H and O–H groups in total. The molecule has 1 aliphatic heterocycles. The molecule has 0 radical (unpaired) electrons. The maximum Gasteiger partial charge on any atom is 0.311 e. The third-order valence-corrected chi connectivity index (χ3v) is 5.17. The fraction of sp³-hybridized carbons (Fsp3) is 0.846. The van der Waals surface area contributed by atoms with Crippen molar-refractivity contribution in [1.29, 1.82) is 0 Å². The molecule has 0 aromatic carbocycles. The van der Waals surface area contributed by atoms with Gasteiger partial charge in [-0.05, 0) is 83.1 Å². The van der Waals surface area contributed by atoms with Gasteiger partial charge in [-0.1, -0.05) is 0 Å². The van der Waals surface area contributed by atoms with Gasteiger partial charge in [-0.3, -0.25) is 19.2 Å². The number of aliphatic hydroxyl groups is 1. The van der Waals surface area contributed by atoms with Crippen LogP contribution in [0.2, 0.25) is 0 Å². The van der Waals surface area contributed by atoms with Crippen LogP contribution in [0.15, 0.2) is 0 Å². The summed E-state index contributed by atoms with van der Waals surface area (Å²) in [5.74, 6) is -2.57. The zero-order chi connectivity index (χ0) is 28.4. The summed E-state index contributed by atoms with van der Waals surface area (Å²) in [6, 6.07) is 0. The van der Waals surface area contributed by atoms with Gasteiger partial charge < -0.3 is 28.8 Å². The first kappa shape index (κ1) is 31.8. The summed E-state index contributed by atoms with van der Waals surface area (Å²) >= 11 is 0. The number of carbonyl (C=O) groups excluding carboxylic acids is 4. The lowest BCUT2D eigenvalue weighted by atomic mass is 9.93. The minimum atomic E-state index is -1.75. The number of esters is 4. The number of hydrogen-bond donors (Lipinski definition) is 1. The van der Waals surface area contributed by atoms with Crippen molar-refractivity contribution in [3.63, 3.8) is 0 Å². The van der Waals surface area contributed by atoms with E-state index in [0.717, 1.165) is 0 Å².